The van der Waals surface area contributed by atoms with Gasteiger partial charge in [-0.3, -0.25) is 0 Å². The van der Waals surface area contributed by atoms with E-state index in [9.17, 15) is 4.79 Å². The number of aryl methyl sites for hydroxylation is 1. The number of nitrogens with zero attached hydrogens (tertiary/aromatic N) is 2. The van der Waals surface area contributed by atoms with Crippen molar-refractivity contribution in [3.05, 3.63) is 23.8 Å². The summed E-state index contributed by atoms with van der Waals surface area (Å²) >= 11 is 0. The van der Waals surface area contributed by atoms with Crippen LogP contribution in [-0.4, -0.2) is 49.9 Å². The van der Waals surface area contributed by atoms with Crippen molar-refractivity contribution in [1.29, 1.82) is 0 Å². The summed E-state index contributed by atoms with van der Waals surface area (Å²) in [7, 11) is 1.69. The van der Waals surface area contributed by atoms with E-state index >= 15 is 0 Å². The molecule has 2 rings (SSSR count). The molecule has 0 saturated carbocycles. The molecule has 1 fully saturated rings. The average molecular weight is 320 g/mol. The summed E-state index contributed by atoms with van der Waals surface area (Å²) in [5.41, 5.74) is 1.81. The summed E-state index contributed by atoms with van der Waals surface area (Å²) in [4.78, 5) is 16.3. The smallest absolute Gasteiger partial charge is 0.410 e. The van der Waals surface area contributed by atoms with Gasteiger partial charge in [0.25, 0.3) is 0 Å². The maximum Gasteiger partial charge on any atom is 0.410 e. The normalized spacial score (nSPS) is 16.0. The van der Waals surface area contributed by atoms with Crippen LogP contribution in [-0.2, 0) is 4.74 Å². The van der Waals surface area contributed by atoms with Crippen molar-refractivity contribution in [1.82, 2.24) is 4.90 Å². The fourth-order valence-electron chi connectivity index (χ4n) is 2.69. The highest BCUT2D eigenvalue weighted by atomic mass is 16.6. The van der Waals surface area contributed by atoms with Gasteiger partial charge in [-0.15, -0.1) is 0 Å². The van der Waals surface area contributed by atoms with Crippen LogP contribution < -0.4 is 9.64 Å². The summed E-state index contributed by atoms with van der Waals surface area (Å²) in [6, 6.07) is 6.25. The molecule has 1 aliphatic heterocycles. The van der Waals surface area contributed by atoms with E-state index in [2.05, 4.69) is 23.1 Å². The average Bonchev–Trinajstić information content (AvgIpc) is 2.72. The van der Waals surface area contributed by atoms with Crippen LogP contribution in [0.25, 0.3) is 0 Å². The molecule has 0 spiro atoms. The zero-order valence-corrected chi connectivity index (χ0v) is 14.9. The van der Waals surface area contributed by atoms with E-state index in [0.29, 0.717) is 6.54 Å². The Kier molecular flexibility index (Phi) is 5.39. The number of hydrogen-bond acceptors (Lipinski definition) is 4. The van der Waals surface area contributed by atoms with Gasteiger partial charge < -0.3 is 19.3 Å². The molecular weight excluding hydrogens is 292 g/mol. The van der Waals surface area contributed by atoms with Crippen molar-refractivity contribution < 1.29 is 14.3 Å². The molecule has 0 bridgehead atoms. The molecule has 128 valence electrons. The molecule has 0 N–H and O–H groups in total. The lowest BCUT2D eigenvalue weighted by Crippen LogP contribution is -2.39. The van der Waals surface area contributed by atoms with Gasteiger partial charge >= 0.3 is 6.09 Å². The molecule has 1 aromatic rings. The van der Waals surface area contributed by atoms with E-state index in [1.165, 1.54) is 0 Å². The van der Waals surface area contributed by atoms with Crippen LogP contribution in [0.3, 0.4) is 0 Å². The summed E-state index contributed by atoms with van der Waals surface area (Å²) in [5, 5.41) is 0. The van der Waals surface area contributed by atoms with Crippen molar-refractivity contribution in [2.45, 2.75) is 39.7 Å². The lowest BCUT2D eigenvalue weighted by molar-refractivity contribution is 0.0263. The lowest BCUT2D eigenvalue weighted by atomic mass is 10.2. The van der Waals surface area contributed by atoms with Crippen LogP contribution in [0.15, 0.2) is 18.2 Å². The van der Waals surface area contributed by atoms with Gasteiger partial charge in [-0.2, -0.15) is 0 Å². The predicted molar refractivity (Wildman–Crippen MR) is 92.4 cm³/mol. The molecule has 1 aliphatic rings. The number of amides is 1. The number of ether oxygens (including phenoxy) is 2. The van der Waals surface area contributed by atoms with E-state index in [-0.39, 0.29) is 6.09 Å². The zero-order valence-electron chi connectivity index (χ0n) is 14.9. The third-order valence-corrected chi connectivity index (χ3v) is 3.90. The molecule has 0 atom stereocenters. The minimum absolute atomic E-state index is 0.221. The van der Waals surface area contributed by atoms with Crippen molar-refractivity contribution >= 4 is 11.8 Å². The monoisotopic (exact) mass is 320 g/mol. The van der Waals surface area contributed by atoms with Gasteiger partial charge in [-0.25, -0.2) is 4.79 Å². The molecule has 1 saturated heterocycles. The minimum atomic E-state index is -0.451. The van der Waals surface area contributed by atoms with E-state index in [4.69, 9.17) is 9.47 Å². The molecule has 0 aromatic heterocycles. The SMILES string of the molecule is COc1cc(N2CCCN(C(=O)OC(C)(C)C)CC2)ccc1C. The summed E-state index contributed by atoms with van der Waals surface area (Å²) < 4.78 is 10.9. The second-order valence-electron chi connectivity index (χ2n) is 6.96. The Balaban J connectivity index is 2.02. The molecule has 0 aliphatic carbocycles. The maximum absolute atomic E-state index is 12.2. The van der Waals surface area contributed by atoms with Gasteiger partial charge in [0.15, 0.2) is 0 Å². The topological polar surface area (TPSA) is 42.0 Å². The standard InChI is InChI=1S/C18H28N2O3/c1-14-7-8-15(13-16(14)22-5)19-9-6-10-20(12-11-19)17(21)23-18(2,3)4/h7-8,13H,6,9-12H2,1-5H3. The third kappa shape index (κ3) is 4.78. The lowest BCUT2D eigenvalue weighted by Gasteiger charge is -2.27. The summed E-state index contributed by atoms with van der Waals surface area (Å²) in [6.45, 7) is 10.8. The van der Waals surface area contributed by atoms with Gasteiger partial charge in [0.1, 0.15) is 11.4 Å². The van der Waals surface area contributed by atoms with Crippen LogP contribution in [0.1, 0.15) is 32.8 Å². The van der Waals surface area contributed by atoms with Gasteiger partial charge in [-0.05, 0) is 45.7 Å². The molecule has 1 aromatic carbocycles. The number of anilines is 1. The summed E-state index contributed by atoms with van der Waals surface area (Å²) in [6.07, 6.45) is 0.705. The van der Waals surface area contributed by atoms with Crippen molar-refractivity contribution in [3.63, 3.8) is 0 Å². The number of carbonyl (C=O) groups excluding carboxylic acids is 1. The Hall–Kier alpha value is -1.91. The zero-order chi connectivity index (χ0) is 17.0. The molecular formula is C18H28N2O3. The second kappa shape index (κ2) is 7.11. The number of methoxy groups -OCH3 is 1. The number of carbonyl (C=O) groups is 1. The highest BCUT2D eigenvalue weighted by molar-refractivity contribution is 5.68. The van der Waals surface area contributed by atoms with Crippen molar-refractivity contribution in [3.8, 4) is 5.75 Å². The highest BCUT2D eigenvalue weighted by Crippen LogP contribution is 2.26. The van der Waals surface area contributed by atoms with E-state index in [1.54, 1.807) is 12.0 Å². The first-order valence-corrected chi connectivity index (χ1v) is 8.17. The molecule has 0 radical (unpaired) electrons. The van der Waals surface area contributed by atoms with Crippen LogP contribution in [0, 0.1) is 6.92 Å². The minimum Gasteiger partial charge on any atom is -0.496 e. The second-order valence-corrected chi connectivity index (χ2v) is 6.96. The Morgan fingerprint density at radius 1 is 1.13 bits per heavy atom. The number of rotatable bonds is 2. The van der Waals surface area contributed by atoms with E-state index < -0.39 is 5.60 Å². The van der Waals surface area contributed by atoms with Crippen LogP contribution in [0.2, 0.25) is 0 Å². The Bertz CT molecular complexity index is 552. The van der Waals surface area contributed by atoms with Gasteiger partial charge in [-0.1, -0.05) is 6.07 Å². The maximum atomic E-state index is 12.2. The van der Waals surface area contributed by atoms with Gasteiger partial charge in [0, 0.05) is 37.9 Å². The molecule has 23 heavy (non-hydrogen) atoms. The number of hydrogen-bond donors (Lipinski definition) is 0. The molecule has 5 nitrogen and oxygen atoms in total. The third-order valence-electron chi connectivity index (χ3n) is 3.90. The van der Waals surface area contributed by atoms with Crippen LogP contribution in [0.5, 0.6) is 5.75 Å². The quantitative estimate of drug-likeness (QED) is 0.837. The first-order valence-electron chi connectivity index (χ1n) is 8.17. The predicted octanol–water partition coefficient (Wildman–Crippen LogP) is 3.45. The Morgan fingerprint density at radius 2 is 1.87 bits per heavy atom. The first kappa shape index (κ1) is 17.4. The number of benzene rings is 1. The molecule has 1 amide bonds. The first-order chi connectivity index (χ1) is 10.8. The van der Waals surface area contributed by atoms with Crippen molar-refractivity contribution in [2.75, 3.05) is 38.2 Å². The highest BCUT2D eigenvalue weighted by Gasteiger charge is 2.24. The molecule has 0 unspecified atom stereocenters. The Labute approximate surface area is 139 Å². The van der Waals surface area contributed by atoms with E-state index in [0.717, 1.165) is 43.1 Å². The fourth-order valence-corrected chi connectivity index (χ4v) is 2.69. The fraction of sp³-hybridized carbons (Fsp3) is 0.611. The molecule has 5 heteroatoms. The van der Waals surface area contributed by atoms with E-state index in [1.807, 2.05) is 27.7 Å². The Morgan fingerprint density at radius 3 is 2.52 bits per heavy atom. The van der Waals surface area contributed by atoms with Gasteiger partial charge in [0.05, 0.1) is 7.11 Å². The molecule has 1 heterocycles. The summed E-state index contributed by atoms with van der Waals surface area (Å²) in [5.74, 6) is 0.899. The van der Waals surface area contributed by atoms with Crippen LogP contribution >= 0.6 is 0 Å². The largest absolute Gasteiger partial charge is 0.496 e. The van der Waals surface area contributed by atoms with Crippen molar-refractivity contribution in [2.24, 2.45) is 0 Å². The van der Waals surface area contributed by atoms with Gasteiger partial charge in [0.2, 0.25) is 0 Å². The van der Waals surface area contributed by atoms with Crippen LogP contribution in [0.4, 0.5) is 10.5 Å².